The van der Waals surface area contributed by atoms with Gasteiger partial charge >= 0.3 is 0 Å². The molecular weight excluding hydrogens is 191 g/mol. The van der Waals surface area contributed by atoms with Crippen LogP contribution in [0.25, 0.3) is 11.1 Å². The first kappa shape index (κ1) is 9.65. The number of pyridine rings is 1. The Hall–Kier alpha value is -1.90. The molecule has 0 radical (unpaired) electrons. The minimum Gasteiger partial charge on any atom is -0.397 e. The molecule has 0 saturated carbocycles. The summed E-state index contributed by atoms with van der Waals surface area (Å²) in [6.45, 7) is 1.86. The maximum absolute atomic E-state index is 12.9. The van der Waals surface area contributed by atoms with Crippen LogP contribution in [0.2, 0.25) is 0 Å². The summed E-state index contributed by atoms with van der Waals surface area (Å²) in [4.78, 5) is 3.92. The van der Waals surface area contributed by atoms with Crippen molar-refractivity contribution in [3.63, 3.8) is 0 Å². The van der Waals surface area contributed by atoms with Gasteiger partial charge in [0, 0.05) is 11.8 Å². The minimum absolute atomic E-state index is 0.233. The van der Waals surface area contributed by atoms with Crippen LogP contribution >= 0.6 is 0 Å². The predicted octanol–water partition coefficient (Wildman–Crippen LogP) is 2.78. The maximum Gasteiger partial charge on any atom is 0.123 e. The van der Waals surface area contributed by atoms with Gasteiger partial charge < -0.3 is 5.73 Å². The van der Waals surface area contributed by atoms with Crippen molar-refractivity contribution in [2.75, 3.05) is 5.73 Å². The van der Waals surface area contributed by atoms with Gasteiger partial charge in [0.15, 0.2) is 0 Å². The average Bonchev–Trinajstić information content (AvgIpc) is 2.20. The lowest BCUT2D eigenvalue weighted by atomic mass is 10.0. The summed E-state index contributed by atoms with van der Waals surface area (Å²) >= 11 is 0. The summed E-state index contributed by atoms with van der Waals surface area (Å²) in [5, 5.41) is 0. The van der Waals surface area contributed by atoms with E-state index in [4.69, 9.17) is 5.73 Å². The van der Waals surface area contributed by atoms with E-state index in [9.17, 15) is 4.39 Å². The van der Waals surface area contributed by atoms with E-state index >= 15 is 0 Å². The topological polar surface area (TPSA) is 38.9 Å². The Labute approximate surface area is 87.6 Å². The van der Waals surface area contributed by atoms with E-state index in [1.54, 1.807) is 18.5 Å². The number of nitrogen functional groups attached to an aromatic ring is 1. The molecule has 1 aromatic heterocycles. The third-order valence-electron chi connectivity index (χ3n) is 2.33. The number of anilines is 1. The second kappa shape index (κ2) is 3.69. The number of nitrogens with two attached hydrogens (primary N) is 1. The Morgan fingerprint density at radius 2 is 2.00 bits per heavy atom. The van der Waals surface area contributed by atoms with Crippen LogP contribution < -0.4 is 5.73 Å². The highest BCUT2D eigenvalue weighted by molar-refractivity contribution is 5.77. The number of aryl methyl sites for hydroxylation is 1. The molecule has 0 spiro atoms. The molecule has 0 amide bonds. The number of hydrogen-bond acceptors (Lipinski definition) is 2. The summed E-state index contributed by atoms with van der Waals surface area (Å²) in [6.07, 6.45) is 3.27. The summed E-state index contributed by atoms with van der Waals surface area (Å²) in [5.74, 6) is -0.233. The van der Waals surface area contributed by atoms with Gasteiger partial charge in [-0.3, -0.25) is 4.98 Å². The lowest BCUT2D eigenvalue weighted by Gasteiger charge is -2.08. The third-order valence-corrected chi connectivity index (χ3v) is 2.33. The van der Waals surface area contributed by atoms with Crippen molar-refractivity contribution < 1.29 is 4.39 Å². The zero-order valence-corrected chi connectivity index (χ0v) is 8.37. The molecule has 0 bridgehead atoms. The van der Waals surface area contributed by atoms with Gasteiger partial charge in [0.1, 0.15) is 5.82 Å². The number of benzene rings is 1. The van der Waals surface area contributed by atoms with Crippen molar-refractivity contribution in [2.45, 2.75) is 6.92 Å². The highest BCUT2D eigenvalue weighted by Crippen LogP contribution is 2.27. The van der Waals surface area contributed by atoms with E-state index in [-0.39, 0.29) is 5.82 Å². The first-order valence-corrected chi connectivity index (χ1v) is 4.64. The molecule has 3 heteroatoms. The highest BCUT2D eigenvalue weighted by atomic mass is 19.1. The Bertz CT molecular complexity index is 495. The minimum atomic E-state index is -0.233. The van der Waals surface area contributed by atoms with Gasteiger partial charge in [0.05, 0.1) is 11.9 Å². The van der Waals surface area contributed by atoms with E-state index in [0.29, 0.717) is 5.69 Å². The van der Waals surface area contributed by atoms with Gasteiger partial charge in [-0.1, -0.05) is 6.07 Å². The molecule has 0 saturated heterocycles. The average molecular weight is 202 g/mol. The zero-order chi connectivity index (χ0) is 10.8. The van der Waals surface area contributed by atoms with Crippen molar-refractivity contribution in [3.8, 4) is 11.1 Å². The molecule has 2 rings (SSSR count). The number of halogens is 1. The normalized spacial score (nSPS) is 10.3. The summed E-state index contributed by atoms with van der Waals surface area (Å²) < 4.78 is 12.9. The molecule has 1 aromatic carbocycles. The number of hydrogen-bond donors (Lipinski definition) is 1. The molecule has 0 unspecified atom stereocenters. The lowest BCUT2D eigenvalue weighted by Crippen LogP contribution is -1.93. The molecule has 0 aliphatic heterocycles. The summed E-state index contributed by atoms with van der Waals surface area (Å²) in [5.41, 5.74) is 9.11. The molecule has 2 nitrogen and oxygen atoms in total. The predicted molar refractivity (Wildman–Crippen MR) is 58.8 cm³/mol. The fraction of sp³-hybridized carbons (Fsp3) is 0.0833. The van der Waals surface area contributed by atoms with Crippen LogP contribution in [-0.4, -0.2) is 4.98 Å². The number of rotatable bonds is 1. The van der Waals surface area contributed by atoms with E-state index in [1.807, 2.05) is 13.0 Å². The fourth-order valence-electron chi connectivity index (χ4n) is 1.58. The number of aromatic nitrogens is 1. The van der Waals surface area contributed by atoms with Crippen molar-refractivity contribution in [1.29, 1.82) is 0 Å². The monoisotopic (exact) mass is 202 g/mol. The Kier molecular flexibility index (Phi) is 2.37. The largest absolute Gasteiger partial charge is 0.397 e. The summed E-state index contributed by atoms with van der Waals surface area (Å²) in [6, 6.07) is 6.49. The zero-order valence-electron chi connectivity index (χ0n) is 8.37. The lowest BCUT2D eigenvalue weighted by molar-refractivity contribution is 0.627. The molecule has 0 atom stereocenters. The van der Waals surface area contributed by atoms with Crippen LogP contribution in [0.4, 0.5) is 10.1 Å². The van der Waals surface area contributed by atoms with Crippen molar-refractivity contribution in [1.82, 2.24) is 4.98 Å². The molecule has 2 N–H and O–H groups in total. The van der Waals surface area contributed by atoms with Gasteiger partial charge in [-0.25, -0.2) is 4.39 Å². The Morgan fingerprint density at radius 3 is 2.67 bits per heavy atom. The van der Waals surface area contributed by atoms with Crippen LogP contribution in [0.1, 0.15) is 5.56 Å². The quantitative estimate of drug-likeness (QED) is 0.772. The fourth-order valence-corrected chi connectivity index (χ4v) is 1.58. The van der Waals surface area contributed by atoms with Gasteiger partial charge in [-0.05, 0) is 36.2 Å². The van der Waals surface area contributed by atoms with Gasteiger partial charge in [0.2, 0.25) is 0 Å². The molecule has 0 fully saturated rings. The molecule has 0 aliphatic rings. The second-order valence-electron chi connectivity index (χ2n) is 3.42. The first-order valence-electron chi connectivity index (χ1n) is 4.64. The maximum atomic E-state index is 12.9. The molecule has 2 aromatic rings. The molecule has 1 heterocycles. The van der Waals surface area contributed by atoms with Crippen molar-refractivity contribution >= 4 is 5.69 Å². The van der Waals surface area contributed by atoms with E-state index in [0.717, 1.165) is 16.7 Å². The first-order chi connectivity index (χ1) is 7.18. The van der Waals surface area contributed by atoms with Crippen LogP contribution in [0.15, 0.2) is 36.7 Å². The molecule has 15 heavy (non-hydrogen) atoms. The third kappa shape index (κ3) is 1.81. The standard InChI is InChI=1S/C12H11FN2/c1-8-6-9(13)2-3-10(8)11-4-5-15-7-12(11)14/h2-7H,14H2,1H3. The van der Waals surface area contributed by atoms with E-state index < -0.39 is 0 Å². The Morgan fingerprint density at radius 1 is 1.20 bits per heavy atom. The summed E-state index contributed by atoms with van der Waals surface area (Å²) in [7, 11) is 0. The van der Waals surface area contributed by atoms with E-state index in [1.165, 1.54) is 12.1 Å². The molecule has 76 valence electrons. The van der Waals surface area contributed by atoms with Gasteiger partial charge in [-0.15, -0.1) is 0 Å². The SMILES string of the molecule is Cc1cc(F)ccc1-c1ccncc1N. The van der Waals surface area contributed by atoms with E-state index in [2.05, 4.69) is 4.98 Å². The van der Waals surface area contributed by atoms with Gasteiger partial charge in [-0.2, -0.15) is 0 Å². The van der Waals surface area contributed by atoms with Crippen molar-refractivity contribution in [3.05, 3.63) is 48.0 Å². The Balaban J connectivity index is 2.60. The van der Waals surface area contributed by atoms with Crippen LogP contribution in [0.3, 0.4) is 0 Å². The van der Waals surface area contributed by atoms with Crippen molar-refractivity contribution in [2.24, 2.45) is 0 Å². The van der Waals surface area contributed by atoms with Crippen LogP contribution in [0, 0.1) is 12.7 Å². The van der Waals surface area contributed by atoms with Crippen LogP contribution in [0.5, 0.6) is 0 Å². The second-order valence-corrected chi connectivity index (χ2v) is 3.42. The smallest absolute Gasteiger partial charge is 0.123 e. The van der Waals surface area contributed by atoms with Gasteiger partial charge in [0.25, 0.3) is 0 Å². The number of nitrogens with zero attached hydrogens (tertiary/aromatic N) is 1. The van der Waals surface area contributed by atoms with Crippen LogP contribution in [-0.2, 0) is 0 Å². The molecule has 0 aliphatic carbocycles. The highest BCUT2D eigenvalue weighted by Gasteiger charge is 2.05. The molecular formula is C12H11FN2.